The Morgan fingerprint density at radius 3 is 2.38 bits per heavy atom. The maximum atomic E-state index is 9.60. The summed E-state index contributed by atoms with van der Waals surface area (Å²) in [6, 6.07) is 18.9. The number of fused-ring (bicyclic) bond motifs is 3. The average molecular weight is 444 g/mol. The van der Waals surface area contributed by atoms with E-state index in [1.807, 2.05) is 30.4 Å². The van der Waals surface area contributed by atoms with Crippen molar-refractivity contribution in [2.45, 2.75) is 26.3 Å². The monoisotopic (exact) mass is 443 g/mol. The number of nitriles is 2. The van der Waals surface area contributed by atoms with Crippen LogP contribution in [0.25, 0.3) is 27.9 Å². The summed E-state index contributed by atoms with van der Waals surface area (Å²) in [6.07, 6.45) is 8.57. The third kappa shape index (κ3) is 4.12. The van der Waals surface area contributed by atoms with Crippen molar-refractivity contribution >= 4 is 39.3 Å². The van der Waals surface area contributed by atoms with Crippen LogP contribution in [0.4, 0.5) is 0 Å². The van der Waals surface area contributed by atoms with Crippen molar-refractivity contribution in [3.63, 3.8) is 0 Å². The second kappa shape index (κ2) is 9.98. The van der Waals surface area contributed by atoms with E-state index < -0.39 is 0 Å². The molecule has 0 saturated heterocycles. The average Bonchev–Trinajstić information content (AvgIpc) is 3.11. The van der Waals surface area contributed by atoms with E-state index in [1.165, 1.54) is 21.8 Å². The Morgan fingerprint density at radius 2 is 1.68 bits per heavy atom. The van der Waals surface area contributed by atoms with Gasteiger partial charge in [0.05, 0.1) is 5.71 Å². The quantitative estimate of drug-likeness (QED) is 0.379. The minimum absolute atomic E-state index is 0.0248. The van der Waals surface area contributed by atoms with Crippen molar-refractivity contribution in [1.82, 2.24) is 4.57 Å². The number of benzene rings is 2. The van der Waals surface area contributed by atoms with Crippen LogP contribution in [-0.2, 0) is 6.54 Å². The van der Waals surface area contributed by atoms with Gasteiger partial charge in [-0.25, -0.2) is 9.98 Å². The standard InChI is InChI=1S/C29H25N5/c1-4-9-22-24(10-5-2)32-26(18-30)27(19-31)33-25(22)15-13-20-14-16-29-23(17-20)21-11-7-8-12-28(21)34(29)6-3/h4-5,7-8,11-17,22H,1-2,6,9-10H2,3H3. The van der Waals surface area contributed by atoms with Gasteiger partial charge in [-0.1, -0.05) is 42.5 Å². The summed E-state index contributed by atoms with van der Waals surface area (Å²) in [4.78, 5) is 9.02. The summed E-state index contributed by atoms with van der Waals surface area (Å²) in [7, 11) is 0. The van der Waals surface area contributed by atoms with E-state index in [9.17, 15) is 10.5 Å². The van der Waals surface area contributed by atoms with Crippen molar-refractivity contribution in [2.75, 3.05) is 0 Å². The summed E-state index contributed by atoms with van der Waals surface area (Å²) in [5, 5.41) is 21.5. The fourth-order valence-corrected chi connectivity index (χ4v) is 4.47. The molecule has 0 fully saturated rings. The molecule has 1 aliphatic heterocycles. The number of aromatic nitrogens is 1. The maximum absolute atomic E-state index is 9.60. The predicted octanol–water partition coefficient (Wildman–Crippen LogP) is 6.75. The Bertz CT molecular complexity index is 1500. The van der Waals surface area contributed by atoms with Crippen LogP contribution in [0.1, 0.15) is 25.3 Å². The number of para-hydroxylation sites is 1. The molecule has 3 aromatic rings. The van der Waals surface area contributed by atoms with Crippen molar-refractivity contribution in [3.8, 4) is 12.1 Å². The van der Waals surface area contributed by atoms with E-state index in [-0.39, 0.29) is 17.3 Å². The Hall–Kier alpha value is -4.48. The molecule has 1 aliphatic rings. The molecule has 34 heavy (non-hydrogen) atoms. The van der Waals surface area contributed by atoms with Crippen LogP contribution in [0.3, 0.4) is 0 Å². The summed E-state index contributed by atoms with van der Waals surface area (Å²) >= 11 is 0. The number of hydrogen-bond donors (Lipinski definition) is 0. The molecule has 4 rings (SSSR count). The van der Waals surface area contributed by atoms with Crippen molar-refractivity contribution in [2.24, 2.45) is 15.9 Å². The first kappa shape index (κ1) is 22.7. The molecule has 0 amide bonds. The van der Waals surface area contributed by atoms with Gasteiger partial charge in [-0.3, -0.25) is 0 Å². The highest BCUT2D eigenvalue weighted by atomic mass is 15.0. The van der Waals surface area contributed by atoms with E-state index in [4.69, 9.17) is 0 Å². The lowest BCUT2D eigenvalue weighted by Crippen LogP contribution is -2.21. The van der Waals surface area contributed by atoms with Gasteiger partial charge in [-0.15, -0.1) is 13.2 Å². The second-order valence-corrected chi connectivity index (χ2v) is 8.00. The highest BCUT2D eigenvalue weighted by Gasteiger charge is 2.24. The first-order valence-electron chi connectivity index (χ1n) is 11.3. The number of hydrogen-bond acceptors (Lipinski definition) is 4. The van der Waals surface area contributed by atoms with Crippen molar-refractivity contribution in [1.29, 1.82) is 10.5 Å². The highest BCUT2D eigenvalue weighted by molar-refractivity contribution is 6.15. The van der Waals surface area contributed by atoms with E-state index in [1.54, 1.807) is 6.08 Å². The van der Waals surface area contributed by atoms with Crippen LogP contribution in [-0.4, -0.2) is 16.0 Å². The molecule has 2 aromatic carbocycles. The summed E-state index contributed by atoms with van der Waals surface area (Å²) in [5.74, 6) is -0.188. The van der Waals surface area contributed by atoms with E-state index in [2.05, 4.69) is 77.1 Å². The minimum atomic E-state index is -0.188. The van der Waals surface area contributed by atoms with Gasteiger partial charge in [0.15, 0.2) is 11.4 Å². The molecule has 5 nitrogen and oxygen atoms in total. The SMILES string of the molecule is C=CCC1=NC(C#N)=C(C#N)N=C(C=Cc2ccc3c(c2)c2ccccc2n3CC)C1CC=C. The van der Waals surface area contributed by atoms with Gasteiger partial charge in [0.1, 0.15) is 12.1 Å². The van der Waals surface area contributed by atoms with Gasteiger partial charge in [-0.05, 0) is 43.2 Å². The highest BCUT2D eigenvalue weighted by Crippen LogP contribution is 2.30. The predicted molar refractivity (Wildman–Crippen MR) is 140 cm³/mol. The van der Waals surface area contributed by atoms with Gasteiger partial charge >= 0.3 is 0 Å². The normalized spacial score (nSPS) is 16.1. The van der Waals surface area contributed by atoms with Crippen LogP contribution >= 0.6 is 0 Å². The number of rotatable bonds is 7. The summed E-state index contributed by atoms with van der Waals surface area (Å²) < 4.78 is 2.32. The first-order valence-corrected chi connectivity index (χ1v) is 11.3. The Balaban J connectivity index is 1.82. The minimum Gasteiger partial charge on any atom is -0.341 e. The second-order valence-electron chi connectivity index (χ2n) is 8.00. The zero-order valence-corrected chi connectivity index (χ0v) is 19.2. The molecule has 1 aromatic heterocycles. The largest absolute Gasteiger partial charge is 0.341 e. The molecular weight excluding hydrogens is 418 g/mol. The molecule has 5 heteroatoms. The molecule has 0 N–H and O–H groups in total. The van der Waals surface area contributed by atoms with Crippen LogP contribution in [0.15, 0.2) is 95.2 Å². The van der Waals surface area contributed by atoms with E-state index >= 15 is 0 Å². The molecule has 2 heterocycles. The van der Waals surface area contributed by atoms with E-state index in [0.717, 1.165) is 17.8 Å². The summed E-state index contributed by atoms with van der Waals surface area (Å²) in [6.45, 7) is 10.8. The fraction of sp³-hybridized carbons (Fsp3) is 0.172. The zero-order valence-electron chi connectivity index (χ0n) is 19.2. The van der Waals surface area contributed by atoms with E-state index in [0.29, 0.717) is 18.6 Å². The maximum Gasteiger partial charge on any atom is 0.177 e. The molecule has 0 saturated carbocycles. The Labute approximate surface area is 199 Å². The molecule has 0 aliphatic carbocycles. The number of nitrogens with zero attached hydrogens (tertiary/aromatic N) is 5. The van der Waals surface area contributed by atoms with Gasteiger partial charge < -0.3 is 4.57 Å². The van der Waals surface area contributed by atoms with Gasteiger partial charge in [0.2, 0.25) is 0 Å². The number of aliphatic imine (C=N–C) groups is 2. The van der Waals surface area contributed by atoms with Crippen LogP contribution in [0, 0.1) is 28.6 Å². The number of aryl methyl sites for hydroxylation is 1. The fourth-order valence-electron chi connectivity index (χ4n) is 4.47. The molecule has 1 unspecified atom stereocenters. The lowest BCUT2D eigenvalue weighted by atomic mass is 9.91. The van der Waals surface area contributed by atoms with Crippen molar-refractivity contribution in [3.05, 3.63) is 90.8 Å². The van der Waals surface area contributed by atoms with Crippen LogP contribution in [0.2, 0.25) is 0 Å². The van der Waals surface area contributed by atoms with Gasteiger partial charge in [-0.2, -0.15) is 10.5 Å². The third-order valence-corrected chi connectivity index (χ3v) is 6.01. The molecule has 166 valence electrons. The third-order valence-electron chi connectivity index (χ3n) is 6.01. The smallest absolute Gasteiger partial charge is 0.177 e. The Morgan fingerprint density at radius 1 is 0.941 bits per heavy atom. The van der Waals surface area contributed by atoms with Crippen LogP contribution in [0.5, 0.6) is 0 Å². The summed E-state index contributed by atoms with van der Waals surface area (Å²) in [5.41, 5.74) is 4.94. The van der Waals surface area contributed by atoms with Gasteiger partial charge in [0.25, 0.3) is 0 Å². The topological polar surface area (TPSA) is 77.2 Å². The molecule has 0 bridgehead atoms. The molecule has 1 atom stereocenters. The van der Waals surface area contributed by atoms with Gasteiger partial charge in [0, 0.05) is 46.4 Å². The van der Waals surface area contributed by atoms with Crippen molar-refractivity contribution < 1.29 is 0 Å². The molecular formula is C29H25N5. The molecule has 0 spiro atoms. The van der Waals surface area contributed by atoms with Crippen LogP contribution < -0.4 is 0 Å². The lowest BCUT2D eigenvalue weighted by Gasteiger charge is -2.16. The molecule has 0 radical (unpaired) electrons. The lowest BCUT2D eigenvalue weighted by molar-refractivity contribution is 0.827. The zero-order chi connectivity index (χ0) is 24.1. The first-order chi connectivity index (χ1) is 16.6. The Kier molecular flexibility index (Phi) is 6.67. The number of allylic oxidation sites excluding steroid dienone is 5.